The van der Waals surface area contributed by atoms with Gasteiger partial charge in [-0.2, -0.15) is 0 Å². The monoisotopic (exact) mass is 256 g/mol. The van der Waals surface area contributed by atoms with E-state index in [-0.39, 0.29) is 24.0 Å². The first-order valence-corrected chi connectivity index (χ1v) is 6.00. The summed E-state index contributed by atoms with van der Waals surface area (Å²) in [5, 5.41) is 0. The highest BCUT2D eigenvalue weighted by Crippen LogP contribution is 2.35. The van der Waals surface area contributed by atoms with Gasteiger partial charge >= 0.3 is 11.9 Å². The van der Waals surface area contributed by atoms with Gasteiger partial charge < -0.3 is 9.47 Å². The molecule has 0 saturated carbocycles. The maximum atomic E-state index is 11.6. The van der Waals surface area contributed by atoms with Crippen molar-refractivity contribution in [1.29, 1.82) is 0 Å². The lowest BCUT2D eigenvalue weighted by atomic mass is 9.75. The van der Waals surface area contributed by atoms with Crippen LogP contribution in [0.25, 0.3) is 0 Å². The minimum absolute atomic E-state index is 0.169. The van der Waals surface area contributed by atoms with Crippen LogP contribution >= 0.6 is 0 Å². The van der Waals surface area contributed by atoms with Crippen LogP contribution in [-0.2, 0) is 19.1 Å². The predicted octanol–water partition coefficient (Wildman–Crippen LogP) is 2.72. The van der Waals surface area contributed by atoms with Crippen molar-refractivity contribution in [1.82, 2.24) is 0 Å². The van der Waals surface area contributed by atoms with E-state index in [1.807, 2.05) is 33.8 Å². The number of carbonyl (C=O) groups excluding carboxylic acids is 2. The van der Waals surface area contributed by atoms with Gasteiger partial charge in [0.05, 0.1) is 12.5 Å². The lowest BCUT2D eigenvalue weighted by molar-refractivity contribution is -0.152. The van der Waals surface area contributed by atoms with E-state index in [2.05, 4.69) is 0 Å². The third-order valence-corrected chi connectivity index (χ3v) is 2.59. The molecule has 0 aliphatic heterocycles. The Labute approximate surface area is 109 Å². The second-order valence-corrected chi connectivity index (χ2v) is 5.75. The number of methoxy groups -OCH3 is 1. The number of carbonyl (C=O) groups is 2. The minimum Gasteiger partial charge on any atom is -0.469 e. The van der Waals surface area contributed by atoms with Gasteiger partial charge in [0.25, 0.3) is 0 Å². The van der Waals surface area contributed by atoms with Crippen LogP contribution in [0.3, 0.4) is 0 Å². The molecule has 0 aromatic rings. The number of ether oxygens (including phenoxy) is 2. The molecule has 4 heteroatoms. The van der Waals surface area contributed by atoms with E-state index >= 15 is 0 Å². The van der Waals surface area contributed by atoms with Crippen LogP contribution in [0, 0.1) is 10.8 Å². The van der Waals surface area contributed by atoms with Gasteiger partial charge in [-0.05, 0) is 25.7 Å². The first-order chi connectivity index (χ1) is 8.10. The van der Waals surface area contributed by atoms with Crippen LogP contribution in [0.2, 0.25) is 0 Å². The summed E-state index contributed by atoms with van der Waals surface area (Å²) >= 11 is 0. The van der Waals surface area contributed by atoms with Crippen molar-refractivity contribution in [3.05, 3.63) is 12.2 Å². The van der Waals surface area contributed by atoms with E-state index in [1.54, 1.807) is 6.08 Å². The zero-order valence-electron chi connectivity index (χ0n) is 12.2. The smallest absolute Gasteiger partial charge is 0.311 e. The highest BCUT2D eigenvalue weighted by Gasteiger charge is 2.34. The van der Waals surface area contributed by atoms with Gasteiger partial charge in [0.2, 0.25) is 0 Å². The van der Waals surface area contributed by atoms with Crippen molar-refractivity contribution in [2.75, 3.05) is 13.7 Å². The summed E-state index contributed by atoms with van der Waals surface area (Å²) in [7, 11) is 1.40. The lowest BCUT2D eigenvalue weighted by Crippen LogP contribution is -2.30. The average Bonchev–Trinajstić information content (AvgIpc) is 2.21. The molecule has 0 aliphatic carbocycles. The van der Waals surface area contributed by atoms with Gasteiger partial charge in [0.15, 0.2) is 0 Å². The zero-order valence-corrected chi connectivity index (χ0v) is 12.2. The number of hydrogen-bond acceptors (Lipinski definition) is 4. The molecule has 0 spiro atoms. The Morgan fingerprint density at radius 3 is 2.17 bits per heavy atom. The molecule has 0 unspecified atom stereocenters. The van der Waals surface area contributed by atoms with Gasteiger partial charge in [-0.25, -0.2) is 0 Å². The molecule has 0 fully saturated rings. The zero-order chi connectivity index (χ0) is 14.4. The molecule has 0 N–H and O–H groups in total. The maximum Gasteiger partial charge on any atom is 0.311 e. The first-order valence-electron chi connectivity index (χ1n) is 6.00. The van der Waals surface area contributed by atoms with Crippen LogP contribution in [-0.4, -0.2) is 25.7 Å². The summed E-state index contributed by atoms with van der Waals surface area (Å²) in [6, 6.07) is 0. The molecule has 0 bridgehead atoms. The fraction of sp³-hybridized carbons (Fsp3) is 0.714. The highest BCUT2D eigenvalue weighted by atomic mass is 16.5. The molecule has 4 nitrogen and oxygen atoms in total. The number of esters is 2. The van der Waals surface area contributed by atoms with Crippen molar-refractivity contribution < 1.29 is 19.1 Å². The standard InChI is InChI=1S/C14H24O4/c1-11(15)18-9-7-8-13(2,3)10-14(4,5)12(16)17-6/h7-8H,9-10H2,1-6H3/b8-7+. The third-order valence-electron chi connectivity index (χ3n) is 2.59. The summed E-state index contributed by atoms with van der Waals surface area (Å²) in [6.07, 6.45) is 4.42. The molecule has 0 heterocycles. The molecule has 0 aromatic carbocycles. The molecule has 18 heavy (non-hydrogen) atoms. The first kappa shape index (κ1) is 16.7. The van der Waals surface area contributed by atoms with E-state index in [0.717, 1.165) is 0 Å². The molecule has 0 rings (SSSR count). The van der Waals surface area contributed by atoms with Gasteiger partial charge in [0.1, 0.15) is 6.61 Å². The van der Waals surface area contributed by atoms with E-state index in [1.165, 1.54) is 14.0 Å². The van der Waals surface area contributed by atoms with Gasteiger partial charge in [-0.3, -0.25) is 9.59 Å². The molecule has 0 amide bonds. The Balaban J connectivity index is 4.46. The van der Waals surface area contributed by atoms with E-state index in [4.69, 9.17) is 9.47 Å². The van der Waals surface area contributed by atoms with Gasteiger partial charge in [-0.1, -0.05) is 26.0 Å². The Morgan fingerprint density at radius 1 is 1.17 bits per heavy atom. The second kappa shape index (κ2) is 6.57. The number of allylic oxidation sites excluding steroid dienone is 1. The Morgan fingerprint density at radius 2 is 1.72 bits per heavy atom. The van der Waals surface area contributed by atoms with Crippen molar-refractivity contribution in [2.24, 2.45) is 10.8 Å². The SMILES string of the molecule is COC(=O)C(C)(C)CC(C)(C)/C=C/COC(C)=O. The molecule has 0 aliphatic rings. The predicted molar refractivity (Wildman–Crippen MR) is 70.0 cm³/mol. The van der Waals surface area contributed by atoms with Crippen molar-refractivity contribution in [3.8, 4) is 0 Å². The van der Waals surface area contributed by atoms with Crippen molar-refractivity contribution >= 4 is 11.9 Å². The van der Waals surface area contributed by atoms with E-state index < -0.39 is 5.41 Å². The summed E-state index contributed by atoms with van der Waals surface area (Å²) < 4.78 is 9.60. The molecule has 0 saturated heterocycles. The van der Waals surface area contributed by atoms with Crippen LogP contribution in [0.5, 0.6) is 0 Å². The summed E-state index contributed by atoms with van der Waals surface area (Å²) in [6.45, 7) is 9.42. The van der Waals surface area contributed by atoms with Crippen LogP contribution in [0.4, 0.5) is 0 Å². The van der Waals surface area contributed by atoms with Crippen LogP contribution < -0.4 is 0 Å². The fourth-order valence-corrected chi connectivity index (χ4v) is 2.08. The Kier molecular flexibility index (Phi) is 6.09. The maximum absolute atomic E-state index is 11.6. The lowest BCUT2D eigenvalue weighted by Gasteiger charge is -2.30. The van der Waals surface area contributed by atoms with E-state index in [9.17, 15) is 9.59 Å². The van der Waals surface area contributed by atoms with Crippen molar-refractivity contribution in [3.63, 3.8) is 0 Å². The van der Waals surface area contributed by atoms with Gasteiger partial charge in [-0.15, -0.1) is 0 Å². The summed E-state index contributed by atoms with van der Waals surface area (Å²) in [5.74, 6) is -0.517. The van der Waals surface area contributed by atoms with Crippen molar-refractivity contribution in [2.45, 2.75) is 41.0 Å². The quantitative estimate of drug-likeness (QED) is 0.541. The molecular formula is C14H24O4. The molecule has 0 radical (unpaired) electrons. The molecular weight excluding hydrogens is 232 g/mol. The molecule has 0 aromatic heterocycles. The summed E-state index contributed by atoms with van der Waals surface area (Å²) in [4.78, 5) is 22.2. The third kappa shape index (κ3) is 6.42. The van der Waals surface area contributed by atoms with Crippen LogP contribution in [0.1, 0.15) is 41.0 Å². The second-order valence-electron chi connectivity index (χ2n) is 5.75. The molecule has 0 atom stereocenters. The van der Waals surface area contributed by atoms with E-state index in [0.29, 0.717) is 6.42 Å². The Hall–Kier alpha value is -1.32. The minimum atomic E-state index is -0.538. The summed E-state index contributed by atoms with van der Waals surface area (Å²) in [5.41, 5.74) is -0.706. The normalized spacial score (nSPS) is 12.6. The number of hydrogen-bond donors (Lipinski definition) is 0. The Bertz CT molecular complexity index is 327. The van der Waals surface area contributed by atoms with Crippen LogP contribution in [0.15, 0.2) is 12.2 Å². The van der Waals surface area contributed by atoms with Gasteiger partial charge in [0, 0.05) is 6.92 Å². The average molecular weight is 256 g/mol. The molecule has 104 valence electrons. The highest BCUT2D eigenvalue weighted by molar-refractivity contribution is 5.75. The fourth-order valence-electron chi connectivity index (χ4n) is 2.08. The topological polar surface area (TPSA) is 52.6 Å². The largest absolute Gasteiger partial charge is 0.469 e. The number of rotatable bonds is 6.